The van der Waals surface area contributed by atoms with Gasteiger partial charge in [-0.05, 0) is 41.8 Å². The van der Waals surface area contributed by atoms with E-state index in [2.05, 4.69) is 6.92 Å². The molecule has 4 rings (SSSR count). The van der Waals surface area contributed by atoms with Crippen LogP contribution in [-0.2, 0) is 0 Å². The highest BCUT2D eigenvalue weighted by atomic mass is 16.7. The van der Waals surface area contributed by atoms with E-state index >= 15 is 0 Å². The Kier molecular flexibility index (Phi) is 3.45. The van der Waals surface area contributed by atoms with Gasteiger partial charge in [-0.3, -0.25) is 4.79 Å². The molecule has 0 N–H and O–H groups in total. The van der Waals surface area contributed by atoms with E-state index in [1.54, 1.807) is 0 Å². The lowest BCUT2D eigenvalue weighted by atomic mass is 9.92. The summed E-state index contributed by atoms with van der Waals surface area (Å²) in [6.45, 7) is 2.99. The van der Waals surface area contributed by atoms with Crippen LogP contribution in [0.1, 0.15) is 47.2 Å². The normalized spacial score (nSPS) is 18.1. The summed E-state index contributed by atoms with van der Waals surface area (Å²) >= 11 is 0. The van der Waals surface area contributed by atoms with E-state index in [0.29, 0.717) is 13.0 Å². The van der Waals surface area contributed by atoms with Gasteiger partial charge in [-0.25, -0.2) is 0 Å². The van der Waals surface area contributed by atoms with Crippen molar-refractivity contribution in [1.29, 1.82) is 0 Å². The van der Waals surface area contributed by atoms with Gasteiger partial charge in [0, 0.05) is 17.9 Å². The Labute approximate surface area is 135 Å². The number of fused-ring (bicyclic) bond motifs is 2. The van der Waals surface area contributed by atoms with E-state index in [0.717, 1.165) is 40.4 Å². The number of ketones is 1. The maximum atomic E-state index is 12.4. The number of benzene rings is 2. The third-order valence-electron chi connectivity index (χ3n) is 4.36. The van der Waals surface area contributed by atoms with Crippen molar-refractivity contribution in [2.75, 3.05) is 13.4 Å². The molecule has 23 heavy (non-hydrogen) atoms. The average Bonchev–Trinajstić information content (AvgIpc) is 3.17. The number of hydrogen-bond acceptors (Lipinski definition) is 4. The lowest BCUT2D eigenvalue weighted by Crippen LogP contribution is -1.98. The Bertz CT molecular complexity index is 766. The van der Waals surface area contributed by atoms with Crippen LogP contribution >= 0.6 is 0 Å². The number of rotatable bonds is 4. The molecule has 1 aliphatic heterocycles. The van der Waals surface area contributed by atoms with Gasteiger partial charge in [0.25, 0.3) is 0 Å². The first-order valence-corrected chi connectivity index (χ1v) is 7.95. The number of ether oxygens (including phenoxy) is 3. The van der Waals surface area contributed by atoms with Crippen LogP contribution in [0, 0.1) is 0 Å². The van der Waals surface area contributed by atoms with Crippen LogP contribution in [0.25, 0.3) is 0 Å². The molecule has 1 aliphatic carbocycles. The second kappa shape index (κ2) is 5.61. The summed E-state index contributed by atoms with van der Waals surface area (Å²) < 4.78 is 16.4. The summed E-state index contributed by atoms with van der Waals surface area (Å²) in [4.78, 5) is 12.4. The Morgan fingerprint density at radius 2 is 2.00 bits per heavy atom. The van der Waals surface area contributed by atoms with E-state index in [1.165, 1.54) is 0 Å². The van der Waals surface area contributed by atoms with Crippen molar-refractivity contribution in [2.45, 2.75) is 25.7 Å². The van der Waals surface area contributed by atoms with Gasteiger partial charge in [-0.2, -0.15) is 0 Å². The SMILES string of the molecule is CCCOc1ccc2c(c1)C(=O)CC2c1ccc2c(c1)OCO2. The molecule has 2 aliphatic rings. The van der Waals surface area contributed by atoms with Gasteiger partial charge in [0.15, 0.2) is 17.3 Å². The Balaban J connectivity index is 1.67. The average molecular weight is 310 g/mol. The molecule has 118 valence electrons. The van der Waals surface area contributed by atoms with Crippen molar-refractivity contribution in [3.05, 3.63) is 53.1 Å². The third kappa shape index (κ3) is 2.44. The summed E-state index contributed by atoms with van der Waals surface area (Å²) in [6.07, 6.45) is 1.44. The van der Waals surface area contributed by atoms with E-state index < -0.39 is 0 Å². The Morgan fingerprint density at radius 1 is 1.13 bits per heavy atom. The summed E-state index contributed by atoms with van der Waals surface area (Å²) in [5.74, 6) is 2.54. The highest BCUT2D eigenvalue weighted by molar-refractivity contribution is 6.02. The Morgan fingerprint density at radius 3 is 2.87 bits per heavy atom. The molecule has 0 saturated carbocycles. The zero-order valence-corrected chi connectivity index (χ0v) is 13.0. The molecule has 0 saturated heterocycles. The van der Waals surface area contributed by atoms with Gasteiger partial charge < -0.3 is 14.2 Å². The molecule has 4 nitrogen and oxygen atoms in total. The minimum atomic E-state index is 0.0761. The summed E-state index contributed by atoms with van der Waals surface area (Å²) in [6, 6.07) is 11.8. The maximum Gasteiger partial charge on any atom is 0.231 e. The number of hydrogen-bond donors (Lipinski definition) is 0. The first-order chi connectivity index (χ1) is 11.3. The summed E-state index contributed by atoms with van der Waals surface area (Å²) in [7, 11) is 0. The molecule has 0 spiro atoms. The summed E-state index contributed by atoms with van der Waals surface area (Å²) in [5, 5.41) is 0. The van der Waals surface area contributed by atoms with Gasteiger partial charge in [-0.1, -0.05) is 19.1 Å². The van der Waals surface area contributed by atoms with Crippen LogP contribution < -0.4 is 14.2 Å². The molecule has 4 heteroatoms. The second-order valence-electron chi connectivity index (χ2n) is 5.89. The maximum absolute atomic E-state index is 12.4. The van der Waals surface area contributed by atoms with Gasteiger partial charge in [0.2, 0.25) is 6.79 Å². The molecule has 1 unspecified atom stereocenters. The molecule has 0 radical (unpaired) electrons. The number of carbonyl (C=O) groups is 1. The van der Waals surface area contributed by atoms with E-state index in [-0.39, 0.29) is 18.5 Å². The van der Waals surface area contributed by atoms with E-state index in [4.69, 9.17) is 14.2 Å². The largest absolute Gasteiger partial charge is 0.494 e. The van der Waals surface area contributed by atoms with Crippen molar-refractivity contribution in [2.24, 2.45) is 0 Å². The second-order valence-corrected chi connectivity index (χ2v) is 5.89. The van der Waals surface area contributed by atoms with Crippen molar-refractivity contribution in [3.8, 4) is 17.2 Å². The van der Waals surface area contributed by atoms with Gasteiger partial charge in [-0.15, -0.1) is 0 Å². The first kappa shape index (κ1) is 14.1. The highest BCUT2D eigenvalue weighted by Crippen LogP contribution is 2.42. The van der Waals surface area contributed by atoms with Crippen LogP contribution in [0.5, 0.6) is 17.2 Å². The minimum Gasteiger partial charge on any atom is -0.494 e. The van der Waals surface area contributed by atoms with E-state index in [9.17, 15) is 4.79 Å². The minimum absolute atomic E-state index is 0.0761. The third-order valence-corrected chi connectivity index (χ3v) is 4.36. The topological polar surface area (TPSA) is 44.8 Å². The van der Waals surface area contributed by atoms with E-state index in [1.807, 2.05) is 36.4 Å². The first-order valence-electron chi connectivity index (χ1n) is 7.95. The number of Topliss-reactive ketones (excluding diaryl/α,β-unsaturated/α-hetero) is 1. The van der Waals surface area contributed by atoms with Crippen LogP contribution in [0.4, 0.5) is 0 Å². The van der Waals surface area contributed by atoms with Crippen LogP contribution in [0.2, 0.25) is 0 Å². The fourth-order valence-electron chi connectivity index (χ4n) is 3.22. The van der Waals surface area contributed by atoms with Crippen molar-refractivity contribution in [1.82, 2.24) is 0 Å². The molecule has 0 amide bonds. The lowest BCUT2D eigenvalue weighted by molar-refractivity contribution is 0.0991. The van der Waals surface area contributed by atoms with Gasteiger partial charge in [0.05, 0.1) is 6.61 Å². The van der Waals surface area contributed by atoms with Crippen molar-refractivity contribution >= 4 is 5.78 Å². The molecular formula is C19H18O4. The van der Waals surface area contributed by atoms with Crippen molar-refractivity contribution < 1.29 is 19.0 Å². The fourth-order valence-corrected chi connectivity index (χ4v) is 3.22. The lowest BCUT2D eigenvalue weighted by Gasteiger charge is -2.13. The molecule has 1 heterocycles. The molecule has 0 aromatic heterocycles. The molecule has 2 aromatic carbocycles. The predicted molar refractivity (Wildman–Crippen MR) is 85.6 cm³/mol. The van der Waals surface area contributed by atoms with Crippen molar-refractivity contribution in [3.63, 3.8) is 0 Å². The Hall–Kier alpha value is -2.49. The predicted octanol–water partition coefficient (Wildman–Crippen LogP) is 3.92. The van der Waals surface area contributed by atoms with Crippen LogP contribution in [0.15, 0.2) is 36.4 Å². The molecule has 0 fully saturated rings. The quantitative estimate of drug-likeness (QED) is 0.858. The standard InChI is InChI=1S/C19H18O4/c1-2-7-21-13-4-5-14-15(10-17(20)16(14)9-13)12-3-6-18-19(8-12)23-11-22-18/h3-6,8-9,15H,2,7,10-11H2,1H3. The molecule has 1 atom stereocenters. The molecule has 2 aromatic rings. The van der Waals surface area contributed by atoms with Gasteiger partial charge >= 0.3 is 0 Å². The molecular weight excluding hydrogens is 292 g/mol. The van der Waals surface area contributed by atoms with Crippen LogP contribution in [-0.4, -0.2) is 19.2 Å². The fraction of sp³-hybridized carbons (Fsp3) is 0.316. The highest BCUT2D eigenvalue weighted by Gasteiger charge is 2.31. The van der Waals surface area contributed by atoms with Gasteiger partial charge in [0.1, 0.15) is 5.75 Å². The molecule has 0 bridgehead atoms. The zero-order valence-electron chi connectivity index (χ0n) is 13.0. The van der Waals surface area contributed by atoms with Crippen LogP contribution in [0.3, 0.4) is 0 Å². The smallest absolute Gasteiger partial charge is 0.231 e. The number of carbonyl (C=O) groups excluding carboxylic acids is 1. The summed E-state index contributed by atoms with van der Waals surface area (Å²) in [5.41, 5.74) is 2.93. The monoisotopic (exact) mass is 310 g/mol. The zero-order chi connectivity index (χ0) is 15.8.